The summed E-state index contributed by atoms with van der Waals surface area (Å²) in [7, 11) is 0. The lowest BCUT2D eigenvalue weighted by molar-refractivity contribution is 0.820. The van der Waals surface area contributed by atoms with Gasteiger partial charge in [-0.1, -0.05) is 18.2 Å². The quantitative estimate of drug-likeness (QED) is 0.769. The van der Waals surface area contributed by atoms with Gasteiger partial charge in [-0.3, -0.25) is 4.79 Å². The zero-order chi connectivity index (χ0) is 13.1. The molecular weight excluding hydrogens is 228 g/mol. The van der Waals surface area contributed by atoms with Gasteiger partial charge in [0.05, 0.1) is 0 Å². The molecule has 1 aromatic carbocycles. The van der Waals surface area contributed by atoms with Crippen LogP contribution in [-0.2, 0) is 0 Å². The molecule has 94 valence electrons. The Bertz CT molecular complexity index is 604. The molecule has 1 heterocycles. The Labute approximate surface area is 105 Å². The summed E-state index contributed by atoms with van der Waals surface area (Å²) in [5.41, 5.74) is 7.57. The van der Waals surface area contributed by atoms with Crippen molar-refractivity contribution in [3.05, 3.63) is 52.1 Å². The highest BCUT2D eigenvalue weighted by molar-refractivity contribution is 5.61. The fraction of sp³-hybridized carbons (Fsp3) is 0.231. The number of H-pyrrole nitrogens is 1. The molecule has 0 aliphatic rings. The van der Waals surface area contributed by atoms with E-state index in [0.717, 1.165) is 11.3 Å². The standard InChI is InChI=1S/C13H16N4O/c1-8(14)10-5-3-4-6-11(10)17-12-7-13(18)16-9(2)15-12/h3-8H,14H2,1-2H3,(H2,15,16,17,18). The van der Waals surface area contributed by atoms with Crippen molar-refractivity contribution in [3.8, 4) is 0 Å². The van der Waals surface area contributed by atoms with E-state index in [9.17, 15) is 4.79 Å². The number of hydrogen-bond acceptors (Lipinski definition) is 4. The van der Waals surface area contributed by atoms with Crippen LogP contribution in [0, 0.1) is 6.92 Å². The van der Waals surface area contributed by atoms with Gasteiger partial charge < -0.3 is 16.0 Å². The predicted octanol–water partition coefficient (Wildman–Crippen LogP) is 1.84. The van der Waals surface area contributed by atoms with E-state index >= 15 is 0 Å². The molecule has 0 spiro atoms. The first-order valence-electron chi connectivity index (χ1n) is 5.76. The molecule has 1 aromatic heterocycles. The van der Waals surface area contributed by atoms with Crippen LogP contribution in [-0.4, -0.2) is 9.97 Å². The van der Waals surface area contributed by atoms with Gasteiger partial charge in [0.2, 0.25) is 0 Å². The molecule has 5 heteroatoms. The van der Waals surface area contributed by atoms with Gasteiger partial charge in [-0.25, -0.2) is 4.98 Å². The Morgan fingerprint density at radius 1 is 1.39 bits per heavy atom. The second-order valence-electron chi connectivity index (χ2n) is 4.22. The van der Waals surface area contributed by atoms with Crippen LogP contribution in [0.25, 0.3) is 0 Å². The van der Waals surface area contributed by atoms with E-state index in [-0.39, 0.29) is 11.6 Å². The second kappa shape index (κ2) is 5.01. The van der Waals surface area contributed by atoms with Gasteiger partial charge in [0.25, 0.3) is 5.56 Å². The van der Waals surface area contributed by atoms with Crippen molar-refractivity contribution in [1.29, 1.82) is 0 Å². The molecule has 5 nitrogen and oxygen atoms in total. The Morgan fingerprint density at radius 2 is 2.11 bits per heavy atom. The molecule has 0 bridgehead atoms. The molecule has 0 amide bonds. The van der Waals surface area contributed by atoms with E-state index < -0.39 is 0 Å². The second-order valence-corrected chi connectivity index (χ2v) is 4.22. The molecule has 1 atom stereocenters. The lowest BCUT2D eigenvalue weighted by Crippen LogP contribution is -2.12. The van der Waals surface area contributed by atoms with Gasteiger partial charge in [0.15, 0.2) is 0 Å². The van der Waals surface area contributed by atoms with Gasteiger partial charge in [-0.2, -0.15) is 0 Å². The van der Waals surface area contributed by atoms with Gasteiger partial charge in [-0.15, -0.1) is 0 Å². The number of hydrogen-bond donors (Lipinski definition) is 3. The smallest absolute Gasteiger partial charge is 0.252 e. The molecule has 18 heavy (non-hydrogen) atoms. The van der Waals surface area contributed by atoms with Crippen molar-refractivity contribution < 1.29 is 0 Å². The first-order chi connectivity index (χ1) is 8.56. The maximum Gasteiger partial charge on any atom is 0.252 e. The summed E-state index contributed by atoms with van der Waals surface area (Å²) >= 11 is 0. The van der Waals surface area contributed by atoms with Gasteiger partial charge in [0.1, 0.15) is 11.6 Å². The molecule has 0 aliphatic heterocycles. The van der Waals surface area contributed by atoms with Gasteiger partial charge in [0, 0.05) is 17.8 Å². The number of nitrogens with one attached hydrogen (secondary N) is 2. The minimum Gasteiger partial charge on any atom is -0.340 e. The third-order valence-electron chi connectivity index (χ3n) is 2.57. The van der Waals surface area contributed by atoms with E-state index in [1.165, 1.54) is 6.07 Å². The number of para-hydroxylation sites is 1. The third-order valence-corrected chi connectivity index (χ3v) is 2.57. The number of aryl methyl sites for hydroxylation is 1. The van der Waals surface area contributed by atoms with Crippen LogP contribution < -0.4 is 16.6 Å². The van der Waals surface area contributed by atoms with Crippen LogP contribution in [0.15, 0.2) is 35.1 Å². The highest BCUT2D eigenvalue weighted by Gasteiger charge is 2.07. The first-order valence-corrected chi connectivity index (χ1v) is 5.76. The fourth-order valence-electron chi connectivity index (χ4n) is 1.79. The molecule has 0 saturated carbocycles. The summed E-state index contributed by atoms with van der Waals surface area (Å²) in [4.78, 5) is 18.2. The molecule has 4 N–H and O–H groups in total. The molecule has 0 radical (unpaired) electrons. The van der Waals surface area contributed by atoms with Crippen LogP contribution >= 0.6 is 0 Å². The topological polar surface area (TPSA) is 83.8 Å². The molecule has 1 unspecified atom stereocenters. The van der Waals surface area contributed by atoms with Crippen LogP contribution in [0.3, 0.4) is 0 Å². The zero-order valence-electron chi connectivity index (χ0n) is 10.4. The maximum atomic E-state index is 11.4. The molecule has 0 saturated heterocycles. The molecule has 2 aromatic rings. The summed E-state index contributed by atoms with van der Waals surface area (Å²) in [5.74, 6) is 1.09. The SMILES string of the molecule is Cc1nc(Nc2ccccc2C(C)N)cc(=O)[nH]1. The minimum absolute atomic E-state index is 0.0863. The average molecular weight is 244 g/mol. The number of rotatable bonds is 3. The Kier molecular flexibility index (Phi) is 3.43. The van der Waals surface area contributed by atoms with Crippen molar-refractivity contribution in [2.24, 2.45) is 5.73 Å². The van der Waals surface area contributed by atoms with Crippen molar-refractivity contribution in [2.75, 3.05) is 5.32 Å². The van der Waals surface area contributed by atoms with Crippen molar-refractivity contribution >= 4 is 11.5 Å². The van der Waals surface area contributed by atoms with E-state index in [2.05, 4.69) is 15.3 Å². The lowest BCUT2D eigenvalue weighted by atomic mass is 10.1. The van der Waals surface area contributed by atoms with Crippen molar-refractivity contribution in [3.63, 3.8) is 0 Å². The third kappa shape index (κ3) is 2.75. The van der Waals surface area contributed by atoms with Crippen LogP contribution in [0.4, 0.5) is 11.5 Å². The number of aromatic amines is 1. The summed E-state index contributed by atoms with van der Waals surface area (Å²) in [6.45, 7) is 3.65. The number of benzene rings is 1. The van der Waals surface area contributed by atoms with E-state index in [0.29, 0.717) is 11.6 Å². The maximum absolute atomic E-state index is 11.4. The average Bonchev–Trinajstić information content (AvgIpc) is 2.27. The Hall–Kier alpha value is -2.14. The summed E-state index contributed by atoms with van der Waals surface area (Å²) in [6, 6.07) is 9.04. The van der Waals surface area contributed by atoms with Crippen molar-refractivity contribution in [2.45, 2.75) is 19.9 Å². The van der Waals surface area contributed by atoms with E-state index in [1.807, 2.05) is 31.2 Å². The van der Waals surface area contributed by atoms with E-state index in [1.54, 1.807) is 6.92 Å². The minimum atomic E-state index is -0.178. The zero-order valence-corrected chi connectivity index (χ0v) is 10.4. The molecule has 0 aliphatic carbocycles. The highest BCUT2D eigenvalue weighted by atomic mass is 16.1. The molecule has 2 rings (SSSR count). The van der Waals surface area contributed by atoms with Gasteiger partial charge >= 0.3 is 0 Å². The summed E-state index contributed by atoms with van der Waals surface area (Å²) in [6.07, 6.45) is 0. The van der Waals surface area contributed by atoms with Crippen LogP contribution in [0.5, 0.6) is 0 Å². The largest absolute Gasteiger partial charge is 0.340 e. The Balaban J connectivity index is 2.37. The monoisotopic (exact) mass is 244 g/mol. The van der Waals surface area contributed by atoms with Crippen LogP contribution in [0.1, 0.15) is 24.4 Å². The summed E-state index contributed by atoms with van der Waals surface area (Å²) in [5, 5.41) is 3.12. The number of aromatic nitrogens is 2. The molecule has 0 fully saturated rings. The summed E-state index contributed by atoms with van der Waals surface area (Å²) < 4.78 is 0. The van der Waals surface area contributed by atoms with Crippen LogP contribution in [0.2, 0.25) is 0 Å². The Morgan fingerprint density at radius 3 is 2.78 bits per heavy atom. The number of anilines is 2. The van der Waals surface area contributed by atoms with Gasteiger partial charge in [-0.05, 0) is 25.5 Å². The normalized spacial score (nSPS) is 12.2. The van der Waals surface area contributed by atoms with Crippen molar-refractivity contribution in [1.82, 2.24) is 9.97 Å². The first kappa shape index (κ1) is 12.3. The predicted molar refractivity (Wildman–Crippen MR) is 71.9 cm³/mol. The molecular formula is C13H16N4O. The lowest BCUT2D eigenvalue weighted by Gasteiger charge is -2.13. The fourth-order valence-corrected chi connectivity index (χ4v) is 1.79. The highest BCUT2D eigenvalue weighted by Crippen LogP contribution is 2.23. The number of nitrogens with two attached hydrogens (primary N) is 1. The number of nitrogens with zero attached hydrogens (tertiary/aromatic N) is 1. The van der Waals surface area contributed by atoms with E-state index in [4.69, 9.17) is 5.73 Å².